The van der Waals surface area contributed by atoms with E-state index in [9.17, 15) is 27.7 Å². The first-order chi connectivity index (χ1) is 11.9. The Hall–Kier alpha value is -2.46. The van der Waals surface area contributed by atoms with Crippen molar-refractivity contribution in [1.82, 2.24) is 14.7 Å². The summed E-state index contributed by atoms with van der Waals surface area (Å²) in [6.07, 6.45) is -4.09. The van der Waals surface area contributed by atoms with Gasteiger partial charge in [-0.3, -0.25) is 9.48 Å². The second kappa shape index (κ2) is 7.04. The highest BCUT2D eigenvalue weighted by atomic mass is 19.4. The van der Waals surface area contributed by atoms with Crippen molar-refractivity contribution in [3.8, 4) is 0 Å². The third-order valence-corrected chi connectivity index (χ3v) is 3.77. The first-order valence-corrected chi connectivity index (χ1v) is 7.94. The Morgan fingerprint density at radius 1 is 1.31 bits per heavy atom. The first-order valence-electron chi connectivity index (χ1n) is 7.94. The zero-order valence-electron chi connectivity index (χ0n) is 14.5. The number of halogens is 3. The van der Waals surface area contributed by atoms with Crippen LogP contribution in [0.2, 0.25) is 0 Å². The molecular weight excluding hydrogens is 357 g/mol. The molecule has 1 aliphatic rings. The average molecular weight is 376 g/mol. The fraction of sp³-hybridized carbons (Fsp3) is 0.667. The summed E-state index contributed by atoms with van der Waals surface area (Å²) in [6.45, 7) is 5.35. The fourth-order valence-corrected chi connectivity index (χ4v) is 2.77. The SMILES string of the molecule is CC(C)(C)OC(=O)N1CCCC(n2ncc(C(=O)N=O)c2C(F)(F)F)C1. The molecule has 2 rings (SSSR count). The summed E-state index contributed by atoms with van der Waals surface area (Å²) in [5, 5.41) is 5.69. The van der Waals surface area contributed by atoms with Gasteiger partial charge in [-0.25, -0.2) is 4.79 Å². The van der Waals surface area contributed by atoms with Crippen molar-refractivity contribution in [2.75, 3.05) is 13.1 Å². The number of nitroso groups, excluding NO2 is 1. The Kier molecular flexibility index (Phi) is 5.38. The molecular formula is C15H19F3N4O4. The molecule has 0 aliphatic carbocycles. The fourth-order valence-electron chi connectivity index (χ4n) is 2.77. The van der Waals surface area contributed by atoms with Crippen LogP contribution in [0.25, 0.3) is 0 Å². The Balaban J connectivity index is 2.31. The van der Waals surface area contributed by atoms with Crippen LogP contribution in [0.3, 0.4) is 0 Å². The third kappa shape index (κ3) is 4.38. The van der Waals surface area contributed by atoms with E-state index in [1.165, 1.54) is 4.90 Å². The minimum absolute atomic E-state index is 0.0537. The highest BCUT2D eigenvalue weighted by Gasteiger charge is 2.42. The van der Waals surface area contributed by atoms with Crippen LogP contribution in [-0.2, 0) is 10.9 Å². The molecule has 0 spiro atoms. The minimum atomic E-state index is -4.90. The number of likely N-dealkylation sites (tertiary alicyclic amines) is 1. The predicted octanol–water partition coefficient (Wildman–Crippen LogP) is 3.38. The van der Waals surface area contributed by atoms with Gasteiger partial charge in [0.25, 0.3) is 0 Å². The van der Waals surface area contributed by atoms with E-state index in [4.69, 9.17) is 4.74 Å². The van der Waals surface area contributed by atoms with Crippen LogP contribution in [-0.4, -0.2) is 45.4 Å². The van der Waals surface area contributed by atoms with Crippen molar-refractivity contribution in [3.63, 3.8) is 0 Å². The van der Waals surface area contributed by atoms with E-state index >= 15 is 0 Å². The van der Waals surface area contributed by atoms with Gasteiger partial charge in [0.1, 0.15) is 5.60 Å². The predicted molar refractivity (Wildman–Crippen MR) is 83.4 cm³/mol. The number of rotatable bonds is 2. The van der Waals surface area contributed by atoms with E-state index in [-0.39, 0.29) is 6.54 Å². The van der Waals surface area contributed by atoms with Gasteiger partial charge in [0.2, 0.25) is 0 Å². The molecule has 26 heavy (non-hydrogen) atoms. The Morgan fingerprint density at radius 2 is 1.96 bits per heavy atom. The zero-order valence-corrected chi connectivity index (χ0v) is 14.5. The van der Waals surface area contributed by atoms with Gasteiger partial charge in [-0.1, -0.05) is 0 Å². The number of amides is 2. The second-order valence-electron chi connectivity index (χ2n) is 6.97. The van der Waals surface area contributed by atoms with E-state index in [1.54, 1.807) is 20.8 Å². The van der Waals surface area contributed by atoms with Crippen LogP contribution in [0.5, 0.6) is 0 Å². The summed E-state index contributed by atoms with van der Waals surface area (Å²) in [6, 6.07) is -0.805. The molecule has 0 bridgehead atoms. The molecule has 1 aromatic rings. The summed E-state index contributed by atoms with van der Waals surface area (Å²) < 4.78 is 46.1. The summed E-state index contributed by atoms with van der Waals surface area (Å²) >= 11 is 0. The van der Waals surface area contributed by atoms with Crippen LogP contribution >= 0.6 is 0 Å². The van der Waals surface area contributed by atoms with Crippen LogP contribution in [0.15, 0.2) is 11.4 Å². The number of alkyl halides is 3. The van der Waals surface area contributed by atoms with Gasteiger partial charge in [-0.2, -0.15) is 18.3 Å². The van der Waals surface area contributed by atoms with Gasteiger partial charge >= 0.3 is 18.2 Å². The smallest absolute Gasteiger partial charge is 0.433 e. The molecule has 1 unspecified atom stereocenters. The number of nitrogens with zero attached hydrogens (tertiary/aromatic N) is 4. The van der Waals surface area contributed by atoms with Gasteiger partial charge < -0.3 is 9.64 Å². The van der Waals surface area contributed by atoms with Crippen LogP contribution in [0.4, 0.5) is 18.0 Å². The molecule has 11 heteroatoms. The van der Waals surface area contributed by atoms with Crippen LogP contribution in [0, 0.1) is 4.91 Å². The standard InChI is InChI=1S/C15H19F3N4O4/c1-14(2,3)26-13(24)21-6-4-5-9(8-21)22-11(15(16,17)18)10(7-19-22)12(23)20-25/h7,9H,4-6,8H2,1-3H3. The highest BCUT2D eigenvalue weighted by molar-refractivity contribution is 5.95. The minimum Gasteiger partial charge on any atom is -0.444 e. The molecule has 2 amide bonds. The molecule has 0 saturated carbocycles. The van der Waals surface area contributed by atoms with Gasteiger partial charge in [0.15, 0.2) is 5.69 Å². The van der Waals surface area contributed by atoms with Gasteiger partial charge in [-0.05, 0) is 33.6 Å². The van der Waals surface area contributed by atoms with E-state index < -0.39 is 41.1 Å². The zero-order chi connectivity index (χ0) is 19.7. The number of hydrogen-bond donors (Lipinski definition) is 0. The number of ether oxygens (including phenoxy) is 1. The molecule has 1 aromatic heterocycles. The van der Waals surface area contributed by atoms with Crippen molar-refractivity contribution < 1.29 is 27.5 Å². The molecule has 1 aliphatic heterocycles. The molecule has 8 nitrogen and oxygen atoms in total. The molecule has 0 radical (unpaired) electrons. The Morgan fingerprint density at radius 3 is 2.50 bits per heavy atom. The third-order valence-electron chi connectivity index (χ3n) is 3.77. The summed E-state index contributed by atoms with van der Waals surface area (Å²) in [5.41, 5.74) is -2.97. The van der Waals surface area contributed by atoms with Crippen LogP contribution in [0.1, 0.15) is 55.7 Å². The Labute approximate surface area is 147 Å². The van der Waals surface area contributed by atoms with E-state index in [2.05, 4.69) is 5.10 Å². The maximum absolute atomic E-state index is 13.4. The lowest BCUT2D eigenvalue weighted by molar-refractivity contribution is -0.145. The number of carbonyl (C=O) groups excluding carboxylic acids is 2. The lowest BCUT2D eigenvalue weighted by atomic mass is 10.1. The number of aromatic nitrogens is 2. The molecule has 0 N–H and O–H groups in total. The summed E-state index contributed by atoms with van der Waals surface area (Å²) in [7, 11) is 0. The number of hydrogen-bond acceptors (Lipinski definition) is 5. The maximum Gasteiger partial charge on any atom is 0.433 e. The topological polar surface area (TPSA) is 93.9 Å². The summed E-state index contributed by atoms with van der Waals surface area (Å²) in [4.78, 5) is 35.2. The maximum atomic E-state index is 13.4. The van der Waals surface area contributed by atoms with Crippen molar-refractivity contribution >= 4 is 12.0 Å². The lowest BCUT2D eigenvalue weighted by Gasteiger charge is -2.34. The summed E-state index contributed by atoms with van der Waals surface area (Å²) in [5.74, 6) is -1.54. The second-order valence-corrected chi connectivity index (χ2v) is 6.97. The normalized spacial score (nSPS) is 18.5. The van der Waals surface area contributed by atoms with E-state index in [0.717, 1.165) is 0 Å². The first kappa shape index (κ1) is 19.9. The molecule has 1 saturated heterocycles. The van der Waals surface area contributed by atoms with Crippen LogP contribution < -0.4 is 0 Å². The lowest BCUT2D eigenvalue weighted by Crippen LogP contribution is -2.44. The molecule has 0 aromatic carbocycles. The number of piperidine rings is 1. The Bertz CT molecular complexity index is 709. The number of carbonyl (C=O) groups is 2. The van der Waals surface area contributed by atoms with E-state index in [1.807, 2.05) is 5.18 Å². The van der Waals surface area contributed by atoms with E-state index in [0.29, 0.717) is 30.3 Å². The quantitative estimate of drug-likeness (QED) is 0.738. The van der Waals surface area contributed by atoms with Crippen molar-refractivity contribution in [2.24, 2.45) is 5.18 Å². The van der Waals surface area contributed by atoms with Crippen molar-refractivity contribution in [2.45, 2.75) is 51.4 Å². The van der Waals surface area contributed by atoms with Gasteiger partial charge in [0, 0.05) is 18.3 Å². The molecule has 2 heterocycles. The largest absolute Gasteiger partial charge is 0.444 e. The van der Waals surface area contributed by atoms with Crippen molar-refractivity contribution in [3.05, 3.63) is 22.4 Å². The molecule has 1 atom stereocenters. The molecule has 1 fully saturated rings. The average Bonchev–Trinajstić information content (AvgIpc) is 2.98. The molecule has 144 valence electrons. The van der Waals surface area contributed by atoms with Gasteiger partial charge in [-0.15, -0.1) is 4.91 Å². The monoisotopic (exact) mass is 376 g/mol. The van der Waals surface area contributed by atoms with Crippen molar-refractivity contribution in [1.29, 1.82) is 0 Å². The van der Waals surface area contributed by atoms with Gasteiger partial charge in [0.05, 0.1) is 17.8 Å². The highest BCUT2D eigenvalue weighted by Crippen LogP contribution is 2.36.